The van der Waals surface area contributed by atoms with Gasteiger partial charge in [0.25, 0.3) is 5.91 Å². The Morgan fingerprint density at radius 1 is 1.33 bits per heavy atom. The molecule has 0 saturated heterocycles. The van der Waals surface area contributed by atoms with E-state index in [1.54, 1.807) is 36.5 Å². The Morgan fingerprint density at radius 2 is 2.17 bits per heavy atom. The van der Waals surface area contributed by atoms with Gasteiger partial charge in [-0.05, 0) is 36.8 Å². The van der Waals surface area contributed by atoms with Crippen molar-refractivity contribution in [1.82, 2.24) is 15.5 Å². The Balaban J connectivity index is 2.07. The topological polar surface area (TPSA) is 80.9 Å². The highest BCUT2D eigenvalue weighted by molar-refractivity contribution is 5.96. The number of benzene rings is 1. The molecule has 92 valence electrons. The lowest BCUT2D eigenvalue weighted by molar-refractivity contribution is 0.0950. The molecule has 1 aromatic carbocycles. The Labute approximate surface area is 105 Å². The van der Waals surface area contributed by atoms with Crippen molar-refractivity contribution in [3.63, 3.8) is 0 Å². The molecule has 0 radical (unpaired) electrons. The number of rotatable bonds is 3. The highest BCUT2D eigenvalue weighted by Gasteiger charge is 2.10. The standard InChI is InChI=1S/C13H14N4O/c1-9-11(5-2-6-12(9)14)13(18)15-8-10-4-3-7-16-17-10/h2-7H,8,14H2,1H3,(H,15,18). The maximum Gasteiger partial charge on any atom is 0.251 e. The molecule has 0 unspecified atom stereocenters. The molecule has 1 amide bonds. The monoisotopic (exact) mass is 242 g/mol. The summed E-state index contributed by atoms with van der Waals surface area (Å²) in [4.78, 5) is 12.0. The van der Waals surface area contributed by atoms with Crippen molar-refractivity contribution in [3.05, 3.63) is 53.3 Å². The first-order valence-electron chi connectivity index (χ1n) is 5.58. The minimum absolute atomic E-state index is 0.162. The molecule has 0 spiro atoms. The number of hydrogen-bond donors (Lipinski definition) is 2. The van der Waals surface area contributed by atoms with Gasteiger partial charge in [0.1, 0.15) is 0 Å². The van der Waals surface area contributed by atoms with Gasteiger partial charge in [-0.3, -0.25) is 4.79 Å². The van der Waals surface area contributed by atoms with Gasteiger partial charge in [0.15, 0.2) is 0 Å². The minimum Gasteiger partial charge on any atom is -0.398 e. The number of carbonyl (C=O) groups is 1. The maximum atomic E-state index is 12.0. The molecular weight excluding hydrogens is 228 g/mol. The van der Waals surface area contributed by atoms with Gasteiger partial charge in [-0.15, -0.1) is 0 Å². The molecular formula is C13H14N4O. The van der Waals surface area contributed by atoms with Gasteiger partial charge in [-0.25, -0.2) is 0 Å². The number of hydrogen-bond acceptors (Lipinski definition) is 4. The third kappa shape index (κ3) is 2.63. The summed E-state index contributed by atoms with van der Waals surface area (Å²) in [5.41, 5.74) is 8.46. The van der Waals surface area contributed by atoms with Gasteiger partial charge >= 0.3 is 0 Å². The molecule has 0 atom stereocenters. The third-order valence-electron chi connectivity index (χ3n) is 2.68. The molecule has 0 bridgehead atoms. The number of amides is 1. The van der Waals surface area contributed by atoms with Crippen molar-refractivity contribution in [2.75, 3.05) is 5.73 Å². The average Bonchev–Trinajstić information content (AvgIpc) is 2.40. The third-order valence-corrected chi connectivity index (χ3v) is 2.68. The van der Waals surface area contributed by atoms with Gasteiger partial charge in [-0.1, -0.05) is 6.07 Å². The van der Waals surface area contributed by atoms with Gasteiger partial charge < -0.3 is 11.1 Å². The van der Waals surface area contributed by atoms with E-state index in [4.69, 9.17) is 5.73 Å². The first kappa shape index (κ1) is 12.0. The fourth-order valence-electron chi connectivity index (χ4n) is 1.59. The van der Waals surface area contributed by atoms with Crippen molar-refractivity contribution in [2.24, 2.45) is 0 Å². The predicted octanol–water partition coefficient (Wildman–Crippen LogP) is 1.30. The Kier molecular flexibility index (Phi) is 3.52. The molecule has 0 aliphatic rings. The Morgan fingerprint density at radius 3 is 2.89 bits per heavy atom. The lowest BCUT2D eigenvalue weighted by Crippen LogP contribution is -2.24. The number of nitrogens with two attached hydrogens (primary N) is 1. The van der Waals surface area contributed by atoms with Gasteiger partial charge in [0.05, 0.1) is 12.2 Å². The zero-order valence-corrected chi connectivity index (χ0v) is 10.1. The van der Waals surface area contributed by atoms with E-state index in [1.165, 1.54) is 0 Å². The largest absolute Gasteiger partial charge is 0.398 e. The summed E-state index contributed by atoms with van der Waals surface area (Å²) < 4.78 is 0. The Bertz CT molecular complexity index is 554. The van der Waals surface area contributed by atoms with E-state index in [2.05, 4.69) is 15.5 Å². The molecule has 5 nitrogen and oxygen atoms in total. The number of anilines is 1. The van der Waals surface area contributed by atoms with Crippen LogP contribution < -0.4 is 11.1 Å². The second-order valence-corrected chi connectivity index (χ2v) is 3.92. The van der Waals surface area contributed by atoms with Crippen LogP contribution in [-0.4, -0.2) is 16.1 Å². The van der Waals surface area contributed by atoms with Crippen LogP contribution in [0.15, 0.2) is 36.5 Å². The average molecular weight is 242 g/mol. The molecule has 5 heteroatoms. The number of nitrogens with zero attached hydrogens (tertiary/aromatic N) is 2. The van der Waals surface area contributed by atoms with Crippen LogP contribution in [0.2, 0.25) is 0 Å². The van der Waals surface area contributed by atoms with Gasteiger partial charge in [-0.2, -0.15) is 10.2 Å². The summed E-state index contributed by atoms with van der Waals surface area (Å²) >= 11 is 0. The van der Waals surface area contributed by atoms with Crippen LogP contribution in [0.25, 0.3) is 0 Å². The minimum atomic E-state index is -0.162. The van der Waals surface area contributed by atoms with Crippen molar-refractivity contribution in [2.45, 2.75) is 13.5 Å². The summed E-state index contributed by atoms with van der Waals surface area (Å²) in [6.07, 6.45) is 1.59. The van der Waals surface area contributed by atoms with E-state index in [0.29, 0.717) is 23.5 Å². The van der Waals surface area contributed by atoms with Crippen molar-refractivity contribution in [3.8, 4) is 0 Å². The molecule has 0 fully saturated rings. The van der Waals surface area contributed by atoms with E-state index >= 15 is 0 Å². The number of nitrogens with one attached hydrogen (secondary N) is 1. The van der Waals surface area contributed by atoms with Crippen LogP contribution in [0.3, 0.4) is 0 Å². The van der Waals surface area contributed by atoms with Crippen LogP contribution in [0.1, 0.15) is 21.6 Å². The van der Waals surface area contributed by atoms with E-state index in [9.17, 15) is 4.79 Å². The molecule has 1 aromatic heterocycles. The van der Waals surface area contributed by atoms with Crippen LogP contribution in [-0.2, 0) is 6.54 Å². The van der Waals surface area contributed by atoms with Crippen LogP contribution in [0.5, 0.6) is 0 Å². The van der Waals surface area contributed by atoms with Crippen molar-refractivity contribution in [1.29, 1.82) is 0 Å². The fourth-order valence-corrected chi connectivity index (χ4v) is 1.59. The van der Waals surface area contributed by atoms with E-state index < -0.39 is 0 Å². The molecule has 2 aromatic rings. The number of carbonyl (C=O) groups excluding carboxylic acids is 1. The van der Waals surface area contributed by atoms with Crippen molar-refractivity contribution < 1.29 is 4.79 Å². The fraction of sp³-hybridized carbons (Fsp3) is 0.154. The highest BCUT2D eigenvalue weighted by atomic mass is 16.1. The van der Waals surface area contributed by atoms with Crippen molar-refractivity contribution >= 4 is 11.6 Å². The zero-order chi connectivity index (χ0) is 13.0. The molecule has 0 aliphatic heterocycles. The van der Waals surface area contributed by atoms with E-state index in [1.807, 2.05) is 6.92 Å². The first-order chi connectivity index (χ1) is 8.68. The first-order valence-corrected chi connectivity index (χ1v) is 5.58. The van der Waals surface area contributed by atoms with Crippen LogP contribution >= 0.6 is 0 Å². The smallest absolute Gasteiger partial charge is 0.251 e. The second-order valence-electron chi connectivity index (χ2n) is 3.92. The lowest BCUT2D eigenvalue weighted by Gasteiger charge is -2.08. The van der Waals surface area contributed by atoms with E-state index in [-0.39, 0.29) is 5.91 Å². The summed E-state index contributed by atoms with van der Waals surface area (Å²) in [6.45, 7) is 2.17. The molecule has 0 aliphatic carbocycles. The molecule has 18 heavy (non-hydrogen) atoms. The molecule has 2 rings (SSSR count). The quantitative estimate of drug-likeness (QED) is 0.795. The van der Waals surface area contributed by atoms with Gasteiger partial charge in [0, 0.05) is 17.4 Å². The van der Waals surface area contributed by atoms with Crippen LogP contribution in [0, 0.1) is 6.92 Å². The van der Waals surface area contributed by atoms with E-state index in [0.717, 1.165) is 5.56 Å². The Hall–Kier alpha value is -2.43. The summed E-state index contributed by atoms with van der Waals surface area (Å²) in [6, 6.07) is 8.87. The second kappa shape index (κ2) is 5.27. The maximum absolute atomic E-state index is 12.0. The molecule has 3 N–H and O–H groups in total. The highest BCUT2D eigenvalue weighted by Crippen LogP contribution is 2.15. The van der Waals surface area contributed by atoms with Gasteiger partial charge in [0.2, 0.25) is 0 Å². The zero-order valence-electron chi connectivity index (χ0n) is 10.1. The number of nitrogen functional groups attached to an aromatic ring is 1. The predicted molar refractivity (Wildman–Crippen MR) is 68.8 cm³/mol. The SMILES string of the molecule is Cc1c(N)cccc1C(=O)NCc1cccnn1. The molecule has 0 saturated carbocycles. The van der Waals surface area contributed by atoms with Crippen LogP contribution in [0.4, 0.5) is 5.69 Å². The number of aromatic nitrogens is 2. The summed E-state index contributed by atoms with van der Waals surface area (Å²) in [5.74, 6) is -0.162. The lowest BCUT2D eigenvalue weighted by atomic mass is 10.1. The normalized spacial score (nSPS) is 10.1. The molecule has 1 heterocycles. The summed E-state index contributed by atoms with van der Waals surface area (Å²) in [7, 11) is 0. The summed E-state index contributed by atoms with van der Waals surface area (Å²) in [5, 5.41) is 10.4.